The van der Waals surface area contributed by atoms with Gasteiger partial charge in [-0.15, -0.1) is 0 Å². The third kappa shape index (κ3) is 2.78. The maximum atomic E-state index is 12.1. The van der Waals surface area contributed by atoms with E-state index in [0.29, 0.717) is 16.5 Å². The Morgan fingerprint density at radius 2 is 2.10 bits per heavy atom. The van der Waals surface area contributed by atoms with E-state index in [1.807, 2.05) is 13.8 Å². The summed E-state index contributed by atoms with van der Waals surface area (Å²) >= 11 is 5.90. The Morgan fingerprint density at radius 3 is 2.81 bits per heavy atom. The third-order valence-corrected chi connectivity index (χ3v) is 3.41. The molecule has 1 N–H and O–H groups in total. The second-order valence-corrected chi connectivity index (χ2v) is 5.16. The van der Waals surface area contributed by atoms with E-state index in [2.05, 4.69) is 10.3 Å². The first-order valence-corrected chi connectivity index (χ1v) is 6.81. The summed E-state index contributed by atoms with van der Waals surface area (Å²) in [6, 6.07) is 6.85. The van der Waals surface area contributed by atoms with Gasteiger partial charge in [-0.1, -0.05) is 11.6 Å². The molecule has 0 saturated carbocycles. The van der Waals surface area contributed by atoms with Crippen molar-refractivity contribution in [2.45, 2.75) is 20.4 Å². The lowest BCUT2D eigenvalue weighted by Gasteiger charge is -1.98. The van der Waals surface area contributed by atoms with E-state index < -0.39 is 0 Å². The maximum absolute atomic E-state index is 12.1. The Labute approximate surface area is 125 Å². The minimum Gasteiger partial charge on any atom is -0.451 e. The van der Waals surface area contributed by atoms with E-state index in [0.717, 1.165) is 16.8 Å². The first-order chi connectivity index (χ1) is 10.0. The van der Waals surface area contributed by atoms with Crippen molar-refractivity contribution in [2.24, 2.45) is 0 Å². The lowest BCUT2D eigenvalue weighted by Crippen LogP contribution is -2.22. The van der Waals surface area contributed by atoms with Gasteiger partial charge < -0.3 is 14.2 Å². The molecule has 3 rings (SSSR count). The highest BCUT2D eigenvalue weighted by Gasteiger charge is 2.14. The second-order valence-electron chi connectivity index (χ2n) is 4.72. The van der Waals surface area contributed by atoms with Crippen LogP contribution in [0.5, 0.6) is 0 Å². The summed E-state index contributed by atoms with van der Waals surface area (Å²) in [6.45, 7) is 3.90. The highest BCUT2D eigenvalue weighted by molar-refractivity contribution is 6.31. The molecule has 2 heterocycles. The predicted octanol–water partition coefficient (Wildman–Crippen LogP) is 3.62. The first-order valence-electron chi connectivity index (χ1n) is 6.43. The van der Waals surface area contributed by atoms with Crippen LogP contribution in [0.1, 0.15) is 27.9 Å². The number of fused-ring (bicyclic) bond motifs is 1. The summed E-state index contributed by atoms with van der Waals surface area (Å²) in [5.41, 5.74) is 1.44. The van der Waals surface area contributed by atoms with Crippen LogP contribution in [-0.4, -0.2) is 10.9 Å². The Kier molecular flexibility index (Phi) is 3.43. The number of rotatable bonds is 3. The zero-order valence-electron chi connectivity index (χ0n) is 11.6. The number of oxazole rings is 1. The molecule has 0 unspecified atom stereocenters. The number of carbonyl (C=O) groups excluding carboxylic acids is 1. The van der Waals surface area contributed by atoms with Crippen LogP contribution in [-0.2, 0) is 6.54 Å². The fraction of sp³-hybridized carbons (Fsp3) is 0.200. The van der Waals surface area contributed by atoms with Crippen LogP contribution in [0.3, 0.4) is 0 Å². The van der Waals surface area contributed by atoms with Gasteiger partial charge in [0.1, 0.15) is 11.3 Å². The van der Waals surface area contributed by atoms with Gasteiger partial charge in [-0.05, 0) is 38.1 Å². The molecule has 108 valence electrons. The van der Waals surface area contributed by atoms with Crippen molar-refractivity contribution in [3.8, 4) is 0 Å². The number of halogens is 1. The number of nitrogens with zero attached hydrogens (tertiary/aromatic N) is 1. The zero-order valence-corrected chi connectivity index (χ0v) is 12.3. The lowest BCUT2D eigenvalue weighted by molar-refractivity contribution is 0.0921. The molecule has 0 spiro atoms. The Morgan fingerprint density at radius 1 is 1.29 bits per heavy atom. The SMILES string of the molecule is Cc1nc(CNC(=O)c2cc3cc(Cl)ccc3o2)oc1C. The fourth-order valence-electron chi connectivity index (χ4n) is 1.98. The molecule has 0 bridgehead atoms. The van der Waals surface area contributed by atoms with Crippen molar-refractivity contribution in [2.75, 3.05) is 0 Å². The Balaban J connectivity index is 1.74. The number of hydrogen-bond acceptors (Lipinski definition) is 4. The van der Waals surface area contributed by atoms with Crippen molar-refractivity contribution < 1.29 is 13.6 Å². The predicted molar refractivity (Wildman–Crippen MR) is 78.4 cm³/mol. The van der Waals surface area contributed by atoms with E-state index in [-0.39, 0.29) is 18.2 Å². The van der Waals surface area contributed by atoms with E-state index >= 15 is 0 Å². The number of nitrogens with one attached hydrogen (secondary N) is 1. The molecule has 0 aliphatic heterocycles. The van der Waals surface area contributed by atoms with Gasteiger partial charge in [0, 0.05) is 10.4 Å². The highest BCUT2D eigenvalue weighted by Crippen LogP contribution is 2.23. The molecule has 5 nitrogen and oxygen atoms in total. The van der Waals surface area contributed by atoms with Crippen LogP contribution in [0.15, 0.2) is 33.1 Å². The van der Waals surface area contributed by atoms with Gasteiger partial charge in [0.2, 0.25) is 5.89 Å². The quantitative estimate of drug-likeness (QED) is 0.802. The van der Waals surface area contributed by atoms with Crippen LogP contribution in [0, 0.1) is 13.8 Å². The number of carbonyl (C=O) groups is 1. The molecule has 0 saturated heterocycles. The Hall–Kier alpha value is -2.27. The molecule has 0 aliphatic rings. The minimum atomic E-state index is -0.323. The number of aryl methyl sites for hydroxylation is 2. The van der Waals surface area contributed by atoms with Gasteiger partial charge in [0.25, 0.3) is 5.91 Å². The average Bonchev–Trinajstić information content (AvgIpc) is 3.00. The van der Waals surface area contributed by atoms with E-state index in [4.69, 9.17) is 20.4 Å². The molecule has 0 atom stereocenters. The van der Waals surface area contributed by atoms with Gasteiger partial charge in [0.05, 0.1) is 12.2 Å². The number of benzene rings is 1. The van der Waals surface area contributed by atoms with Gasteiger partial charge in [-0.2, -0.15) is 0 Å². The van der Waals surface area contributed by atoms with E-state index in [9.17, 15) is 4.79 Å². The maximum Gasteiger partial charge on any atom is 0.287 e. The first kappa shape index (κ1) is 13.7. The lowest BCUT2D eigenvalue weighted by atomic mass is 10.2. The van der Waals surface area contributed by atoms with Crippen LogP contribution in [0.4, 0.5) is 0 Å². The summed E-state index contributed by atoms with van der Waals surface area (Å²) in [7, 11) is 0. The molecule has 0 fully saturated rings. The zero-order chi connectivity index (χ0) is 15.0. The van der Waals surface area contributed by atoms with E-state index in [1.54, 1.807) is 24.3 Å². The van der Waals surface area contributed by atoms with Crippen LogP contribution in [0.25, 0.3) is 11.0 Å². The number of amides is 1. The monoisotopic (exact) mass is 304 g/mol. The van der Waals surface area contributed by atoms with Gasteiger partial charge >= 0.3 is 0 Å². The summed E-state index contributed by atoms with van der Waals surface area (Å²) in [4.78, 5) is 16.3. The largest absolute Gasteiger partial charge is 0.451 e. The summed E-state index contributed by atoms with van der Waals surface area (Å²) < 4.78 is 10.9. The topological polar surface area (TPSA) is 68.3 Å². The molecule has 2 aromatic heterocycles. The molecule has 1 amide bonds. The van der Waals surface area contributed by atoms with Crippen molar-refractivity contribution in [3.05, 3.63) is 52.4 Å². The molecular formula is C15H13ClN2O3. The molecule has 1 aromatic carbocycles. The smallest absolute Gasteiger partial charge is 0.287 e. The third-order valence-electron chi connectivity index (χ3n) is 3.18. The molecule has 0 radical (unpaired) electrons. The van der Waals surface area contributed by atoms with E-state index in [1.165, 1.54) is 0 Å². The summed E-state index contributed by atoms with van der Waals surface area (Å²) in [6.07, 6.45) is 0. The molecular weight excluding hydrogens is 292 g/mol. The summed E-state index contributed by atoms with van der Waals surface area (Å²) in [5.74, 6) is 1.12. The molecule has 6 heteroatoms. The molecule has 0 aliphatic carbocycles. The van der Waals surface area contributed by atoms with Crippen molar-refractivity contribution in [3.63, 3.8) is 0 Å². The van der Waals surface area contributed by atoms with Crippen LogP contribution < -0.4 is 5.32 Å². The number of aromatic nitrogens is 1. The fourth-order valence-corrected chi connectivity index (χ4v) is 2.16. The standard InChI is InChI=1S/C15H13ClN2O3/c1-8-9(2)20-14(18-8)7-17-15(19)13-6-10-5-11(16)3-4-12(10)21-13/h3-6H,7H2,1-2H3,(H,17,19). The van der Waals surface area contributed by atoms with Gasteiger partial charge in [-0.25, -0.2) is 4.98 Å². The van der Waals surface area contributed by atoms with Crippen molar-refractivity contribution >= 4 is 28.5 Å². The number of hydrogen-bond donors (Lipinski definition) is 1. The van der Waals surface area contributed by atoms with Gasteiger partial charge in [-0.3, -0.25) is 4.79 Å². The van der Waals surface area contributed by atoms with Gasteiger partial charge in [0.15, 0.2) is 5.76 Å². The molecule has 21 heavy (non-hydrogen) atoms. The minimum absolute atomic E-state index is 0.214. The van der Waals surface area contributed by atoms with Crippen LogP contribution >= 0.6 is 11.6 Å². The molecule has 3 aromatic rings. The van der Waals surface area contributed by atoms with Crippen molar-refractivity contribution in [1.82, 2.24) is 10.3 Å². The Bertz CT molecular complexity index is 800. The average molecular weight is 305 g/mol. The second kappa shape index (κ2) is 5.26. The van der Waals surface area contributed by atoms with Crippen LogP contribution in [0.2, 0.25) is 5.02 Å². The highest BCUT2D eigenvalue weighted by atomic mass is 35.5. The number of furan rings is 1. The van der Waals surface area contributed by atoms with Crippen molar-refractivity contribution in [1.29, 1.82) is 0 Å². The summed E-state index contributed by atoms with van der Waals surface area (Å²) in [5, 5.41) is 4.10. The normalized spacial score (nSPS) is 11.0.